The third-order valence-corrected chi connectivity index (χ3v) is 5.44. The van der Waals surface area contributed by atoms with Gasteiger partial charge in [0.15, 0.2) is 0 Å². The highest BCUT2D eigenvalue weighted by atomic mass is 16.2. The molecule has 1 aliphatic rings. The topological polar surface area (TPSA) is 52.7 Å². The van der Waals surface area contributed by atoms with Gasteiger partial charge in [-0.2, -0.15) is 0 Å². The molecule has 1 saturated heterocycles. The fourth-order valence-corrected chi connectivity index (χ4v) is 3.34. The van der Waals surface area contributed by atoms with Crippen molar-refractivity contribution < 1.29 is 9.59 Å². The minimum absolute atomic E-state index is 0.0525. The zero-order valence-electron chi connectivity index (χ0n) is 16.7. The van der Waals surface area contributed by atoms with Gasteiger partial charge in [0.1, 0.15) is 6.54 Å². The summed E-state index contributed by atoms with van der Waals surface area (Å²) in [5.41, 5.74) is 3.03. The normalized spacial score (nSPS) is 16.2. The van der Waals surface area contributed by atoms with Crippen LogP contribution in [0, 0.1) is 13.8 Å². The number of hydrogen-bond donors (Lipinski definition) is 1. The number of aryl methyl sites for hydroxylation is 1. The van der Waals surface area contributed by atoms with E-state index in [1.54, 1.807) is 4.90 Å². The smallest absolute Gasteiger partial charge is 0.244 e. The standard InChI is InChI=1S/C21H33N3O2/c1-5-17(3)24(21(26)15-23-12-7-6-8-13-23)14-20(25)22-19-11-9-10-16(2)18(19)4/h9-11,17H,5-8,12-15H2,1-4H3,(H,22,25)/t17-/m1/s1. The van der Waals surface area contributed by atoms with Gasteiger partial charge in [-0.25, -0.2) is 0 Å². The lowest BCUT2D eigenvalue weighted by Gasteiger charge is -2.32. The van der Waals surface area contributed by atoms with Gasteiger partial charge in [-0.3, -0.25) is 14.5 Å². The lowest BCUT2D eigenvalue weighted by atomic mass is 10.1. The zero-order valence-corrected chi connectivity index (χ0v) is 16.7. The van der Waals surface area contributed by atoms with Crippen LogP contribution in [0.2, 0.25) is 0 Å². The van der Waals surface area contributed by atoms with E-state index in [4.69, 9.17) is 0 Å². The third-order valence-electron chi connectivity index (χ3n) is 5.44. The maximum atomic E-state index is 12.8. The van der Waals surface area contributed by atoms with Gasteiger partial charge < -0.3 is 10.2 Å². The Morgan fingerprint density at radius 2 is 1.88 bits per heavy atom. The number of rotatable bonds is 7. The predicted molar refractivity (Wildman–Crippen MR) is 106 cm³/mol. The van der Waals surface area contributed by atoms with Gasteiger partial charge in [-0.15, -0.1) is 0 Å². The molecule has 0 aromatic heterocycles. The first-order chi connectivity index (χ1) is 12.4. The van der Waals surface area contributed by atoms with E-state index in [9.17, 15) is 9.59 Å². The molecule has 1 aromatic rings. The number of carbonyl (C=O) groups is 2. The van der Waals surface area contributed by atoms with Crippen molar-refractivity contribution in [3.05, 3.63) is 29.3 Å². The number of nitrogens with zero attached hydrogens (tertiary/aromatic N) is 2. The van der Waals surface area contributed by atoms with Gasteiger partial charge in [0.2, 0.25) is 11.8 Å². The molecule has 1 heterocycles. The van der Waals surface area contributed by atoms with Gasteiger partial charge in [0.25, 0.3) is 0 Å². The number of nitrogens with one attached hydrogen (secondary N) is 1. The van der Waals surface area contributed by atoms with Crippen molar-refractivity contribution in [2.24, 2.45) is 0 Å². The Hall–Kier alpha value is -1.88. The molecule has 1 atom stereocenters. The monoisotopic (exact) mass is 359 g/mol. The Labute approximate surface area is 157 Å². The van der Waals surface area contributed by atoms with E-state index in [1.165, 1.54) is 6.42 Å². The van der Waals surface area contributed by atoms with Crippen LogP contribution in [0.4, 0.5) is 5.69 Å². The fourth-order valence-electron chi connectivity index (χ4n) is 3.34. The van der Waals surface area contributed by atoms with Crippen LogP contribution in [0.3, 0.4) is 0 Å². The summed E-state index contributed by atoms with van der Waals surface area (Å²) in [6, 6.07) is 5.92. The van der Waals surface area contributed by atoms with E-state index in [-0.39, 0.29) is 24.4 Å². The predicted octanol–water partition coefficient (Wildman–Crippen LogP) is 3.35. The van der Waals surface area contributed by atoms with Crippen molar-refractivity contribution in [3.63, 3.8) is 0 Å². The number of benzene rings is 1. The average molecular weight is 360 g/mol. The highest BCUT2D eigenvalue weighted by Gasteiger charge is 2.24. The Morgan fingerprint density at radius 1 is 1.19 bits per heavy atom. The Bertz CT molecular complexity index is 624. The van der Waals surface area contributed by atoms with Gasteiger partial charge in [0, 0.05) is 11.7 Å². The van der Waals surface area contributed by atoms with Crippen molar-refractivity contribution in [1.82, 2.24) is 9.80 Å². The van der Waals surface area contributed by atoms with Gasteiger partial charge in [-0.1, -0.05) is 25.5 Å². The lowest BCUT2D eigenvalue weighted by molar-refractivity contribution is -0.138. The number of anilines is 1. The number of likely N-dealkylation sites (tertiary alicyclic amines) is 1. The first-order valence-corrected chi connectivity index (χ1v) is 9.80. The molecule has 2 rings (SSSR count). The van der Waals surface area contributed by atoms with Crippen LogP contribution in [-0.2, 0) is 9.59 Å². The molecular formula is C21H33N3O2. The largest absolute Gasteiger partial charge is 0.330 e. The number of hydrogen-bond acceptors (Lipinski definition) is 3. The molecule has 1 aliphatic heterocycles. The summed E-state index contributed by atoms with van der Waals surface area (Å²) < 4.78 is 0. The molecule has 2 amide bonds. The number of carbonyl (C=O) groups excluding carboxylic acids is 2. The second-order valence-corrected chi connectivity index (χ2v) is 7.41. The van der Waals surface area contributed by atoms with Gasteiger partial charge in [-0.05, 0) is 70.3 Å². The Morgan fingerprint density at radius 3 is 2.54 bits per heavy atom. The quantitative estimate of drug-likeness (QED) is 0.812. The van der Waals surface area contributed by atoms with E-state index in [0.717, 1.165) is 49.2 Å². The second-order valence-electron chi connectivity index (χ2n) is 7.41. The van der Waals surface area contributed by atoms with Crippen molar-refractivity contribution in [2.75, 3.05) is 31.5 Å². The zero-order chi connectivity index (χ0) is 19.1. The van der Waals surface area contributed by atoms with Crippen molar-refractivity contribution in [1.29, 1.82) is 0 Å². The molecule has 5 nitrogen and oxygen atoms in total. The molecule has 0 spiro atoms. The Kier molecular flexibility index (Phi) is 7.64. The summed E-state index contributed by atoms with van der Waals surface area (Å²) in [5, 5.41) is 2.97. The molecule has 0 bridgehead atoms. The molecule has 144 valence electrons. The minimum Gasteiger partial charge on any atom is -0.330 e. The molecule has 1 fully saturated rings. The maximum absolute atomic E-state index is 12.8. The highest BCUT2D eigenvalue weighted by molar-refractivity contribution is 5.95. The van der Waals surface area contributed by atoms with Gasteiger partial charge >= 0.3 is 0 Å². The summed E-state index contributed by atoms with van der Waals surface area (Å²) in [6.07, 6.45) is 4.40. The van der Waals surface area contributed by atoms with Crippen LogP contribution in [0.5, 0.6) is 0 Å². The van der Waals surface area contributed by atoms with Crippen LogP contribution in [0.15, 0.2) is 18.2 Å². The van der Waals surface area contributed by atoms with E-state index >= 15 is 0 Å². The molecule has 0 unspecified atom stereocenters. The summed E-state index contributed by atoms with van der Waals surface area (Å²) >= 11 is 0. The SMILES string of the molecule is CC[C@@H](C)N(CC(=O)Nc1cccc(C)c1C)C(=O)CN1CCCCC1. The molecule has 0 aliphatic carbocycles. The van der Waals surface area contributed by atoms with Crippen molar-refractivity contribution >= 4 is 17.5 Å². The summed E-state index contributed by atoms with van der Waals surface area (Å²) in [5.74, 6) is -0.0802. The summed E-state index contributed by atoms with van der Waals surface area (Å²) in [4.78, 5) is 29.4. The maximum Gasteiger partial charge on any atom is 0.244 e. The molecule has 5 heteroatoms. The second kappa shape index (κ2) is 9.72. The number of piperidine rings is 1. The minimum atomic E-state index is -0.133. The van der Waals surface area contributed by atoms with Crippen LogP contribution < -0.4 is 5.32 Å². The van der Waals surface area contributed by atoms with Crippen LogP contribution in [0.1, 0.15) is 50.7 Å². The van der Waals surface area contributed by atoms with Crippen molar-refractivity contribution in [3.8, 4) is 0 Å². The molecule has 1 N–H and O–H groups in total. The summed E-state index contributed by atoms with van der Waals surface area (Å²) in [7, 11) is 0. The molecule has 1 aromatic carbocycles. The third kappa shape index (κ3) is 5.56. The first-order valence-electron chi connectivity index (χ1n) is 9.80. The molecule has 0 saturated carbocycles. The lowest BCUT2D eigenvalue weighted by Crippen LogP contribution is -2.48. The van der Waals surface area contributed by atoms with Gasteiger partial charge in [0.05, 0.1) is 6.54 Å². The highest BCUT2D eigenvalue weighted by Crippen LogP contribution is 2.18. The van der Waals surface area contributed by atoms with E-state index in [1.807, 2.05) is 39.0 Å². The average Bonchev–Trinajstić information content (AvgIpc) is 2.63. The van der Waals surface area contributed by atoms with E-state index in [2.05, 4.69) is 17.1 Å². The first kappa shape index (κ1) is 20.4. The van der Waals surface area contributed by atoms with Crippen LogP contribution >= 0.6 is 0 Å². The van der Waals surface area contributed by atoms with E-state index in [0.29, 0.717) is 6.54 Å². The number of amides is 2. The molecule has 0 radical (unpaired) electrons. The van der Waals surface area contributed by atoms with Crippen molar-refractivity contribution in [2.45, 2.75) is 59.4 Å². The fraction of sp³-hybridized carbons (Fsp3) is 0.619. The Balaban J connectivity index is 2.00. The van der Waals surface area contributed by atoms with Crippen LogP contribution in [0.25, 0.3) is 0 Å². The van der Waals surface area contributed by atoms with Crippen LogP contribution in [-0.4, -0.2) is 53.8 Å². The molecule has 26 heavy (non-hydrogen) atoms. The summed E-state index contributed by atoms with van der Waals surface area (Å²) in [6.45, 7) is 10.6. The van der Waals surface area contributed by atoms with E-state index < -0.39 is 0 Å². The molecular weight excluding hydrogens is 326 g/mol.